The molecule has 4 unspecified atom stereocenters. The van der Waals surface area contributed by atoms with E-state index in [-0.39, 0.29) is 91.1 Å². The van der Waals surface area contributed by atoms with Crippen LogP contribution in [-0.4, -0.2) is 165 Å². The molecule has 0 saturated carbocycles. The number of ether oxygens (including phenoxy) is 9. The first kappa shape index (κ1) is 76.2. The molecule has 1 saturated heterocycles. The summed E-state index contributed by atoms with van der Waals surface area (Å²) in [5.41, 5.74) is 6.68. The Morgan fingerprint density at radius 3 is 1.33 bits per heavy atom. The van der Waals surface area contributed by atoms with Crippen LogP contribution in [0.3, 0.4) is 0 Å². The average Bonchev–Trinajstić information content (AvgIpc) is 3.07. The predicted octanol–water partition coefficient (Wildman–Crippen LogP) is 9.05. The molecule has 0 aliphatic carbocycles. The zero-order valence-electron chi connectivity index (χ0n) is 51.8. The van der Waals surface area contributed by atoms with Gasteiger partial charge in [0.2, 0.25) is 0 Å². The van der Waals surface area contributed by atoms with Crippen molar-refractivity contribution in [1.82, 2.24) is 30.0 Å². The van der Waals surface area contributed by atoms with Crippen molar-refractivity contribution in [3.63, 3.8) is 0 Å². The van der Waals surface area contributed by atoms with Crippen molar-refractivity contribution >= 4 is 93.8 Å². The molecule has 7 rings (SSSR count). The maximum absolute atomic E-state index is 12.7. The van der Waals surface area contributed by atoms with Crippen molar-refractivity contribution in [2.45, 2.75) is 79.4 Å². The Kier molecular flexibility index (Phi) is 33.7. The summed E-state index contributed by atoms with van der Waals surface area (Å²) in [5.74, 6) is -1.82. The molecule has 2 aromatic heterocycles. The van der Waals surface area contributed by atoms with Gasteiger partial charge in [-0.15, -0.1) is 42.4 Å². The van der Waals surface area contributed by atoms with E-state index in [1.165, 1.54) is 73.7 Å². The van der Waals surface area contributed by atoms with Crippen LogP contribution in [0, 0.1) is 11.8 Å². The lowest BCUT2D eigenvalue weighted by atomic mass is 10.1. The van der Waals surface area contributed by atoms with Crippen LogP contribution in [-0.2, 0) is 79.5 Å². The van der Waals surface area contributed by atoms with Gasteiger partial charge in [0, 0.05) is 78.5 Å². The van der Waals surface area contributed by atoms with E-state index in [1.54, 1.807) is 39.2 Å². The molecule has 488 valence electrons. The SMILES string of the molecule is C1CCOC1.C=C(C)C(=O)OCC(CSCC(C)C(=O)OCCc1ccc(O)c(-n2nc3ccccc3n2)c1)OC(=O)C(=C)C.C=C(C)C(=O)OCC(CSCC(C)C(=O)OCCc1ccc(OCOC)c(-n2nc3ccccc3n2)c1)OC(=O)C(=C)C.Cl.O. The lowest BCUT2D eigenvalue weighted by molar-refractivity contribution is -0.152. The number of thioether (sulfide) groups is 2. The summed E-state index contributed by atoms with van der Waals surface area (Å²) in [7, 11) is 1.54. The highest BCUT2D eigenvalue weighted by molar-refractivity contribution is 7.99. The molecule has 1 aliphatic rings. The van der Waals surface area contributed by atoms with E-state index >= 15 is 0 Å². The van der Waals surface area contributed by atoms with Gasteiger partial charge in [0.15, 0.2) is 6.79 Å². The Morgan fingerprint density at radius 1 is 0.567 bits per heavy atom. The predicted molar refractivity (Wildman–Crippen MR) is 346 cm³/mol. The molecule has 90 heavy (non-hydrogen) atoms. The molecule has 6 aromatic rings. The van der Waals surface area contributed by atoms with Gasteiger partial charge in [0.1, 0.15) is 70.4 Å². The summed E-state index contributed by atoms with van der Waals surface area (Å²) >= 11 is 2.77. The van der Waals surface area contributed by atoms with Crippen molar-refractivity contribution in [2.75, 3.05) is 76.6 Å². The van der Waals surface area contributed by atoms with Crippen molar-refractivity contribution in [2.24, 2.45) is 11.8 Å². The lowest BCUT2D eigenvalue weighted by Gasteiger charge is -2.19. The first-order chi connectivity index (χ1) is 42.1. The van der Waals surface area contributed by atoms with Crippen LogP contribution in [0.25, 0.3) is 33.4 Å². The van der Waals surface area contributed by atoms with Crippen LogP contribution >= 0.6 is 35.9 Å². The van der Waals surface area contributed by atoms with Crippen LogP contribution in [0.1, 0.15) is 65.5 Å². The Hall–Kier alpha value is -8.07. The quantitative estimate of drug-likeness (QED) is 0.0184. The number of nitrogens with zero attached hydrogens (tertiary/aromatic N) is 6. The zero-order chi connectivity index (χ0) is 64.1. The van der Waals surface area contributed by atoms with Crippen molar-refractivity contribution in [3.05, 3.63) is 145 Å². The van der Waals surface area contributed by atoms with E-state index in [2.05, 4.69) is 46.7 Å². The van der Waals surface area contributed by atoms with E-state index in [4.69, 9.17) is 42.6 Å². The largest absolute Gasteiger partial charge is 0.506 e. The second kappa shape index (κ2) is 39.8. The third-order valence-electron chi connectivity index (χ3n) is 12.4. The first-order valence-electron chi connectivity index (χ1n) is 28.3. The first-order valence-corrected chi connectivity index (χ1v) is 30.6. The fourth-order valence-corrected chi connectivity index (χ4v) is 9.59. The minimum Gasteiger partial charge on any atom is -0.506 e. The van der Waals surface area contributed by atoms with E-state index in [9.17, 15) is 33.9 Å². The molecule has 4 atom stereocenters. The highest BCUT2D eigenvalue weighted by atomic mass is 35.5. The molecule has 23 nitrogen and oxygen atoms in total. The fourth-order valence-electron chi connectivity index (χ4n) is 7.48. The van der Waals surface area contributed by atoms with E-state index in [0.29, 0.717) is 64.0 Å². The van der Waals surface area contributed by atoms with Gasteiger partial charge >= 0.3 is 35.8 Å². The summed E-state index contributed by atoms with van der Waals surface area (Å²) in [6.45, 7) is 26.0. The molecule has 4 aromatic carbocycles. The van der Waals surface area contributed by atoms with Gasteiger partial charge in [-0.3, -0.25) is 9.59 Å². The van der Waals surface area contributed by atoms with Crippen LogP contribution in [0.15, 0.2) is 134 Å². The normalized spacial score (nSPS) is 12.7. The summed E-state index contributed by atoms with van der Waals surface area (Å²) in [4.78, 5) is 75.5. The second-order valence-electron chi connectivity index (χ2n) is 20.5. The highest BCUT2D eigenvalue weighted by Crippen LogP contribution is 2.27. The summed E-state index contributed by atoms with van der Waals surface area (Å²) < 4.78 is 47.7. The van der Waals surface area contributed by atoms with Crippen LogP contribution in [0.2, 0.25) is 0 Å². The lowest BCUT2D eigenvalue weighted by Crippen LogP contribution is -2.28. The molecule has 0 spiro atoms. The van der Waals surface area contributed by atoms with Gasteiger partial charge < -0.3 is 53.2 Å². The van der Waals surface area contributed by atoms with E-state index in [0.717, 1.165) is 35.4 Å². The average molecular weight is 1310 g/mol. The molecule has 3 heterocycles. The number of carbonyl (C=O) groups excluding carboxylic acids is 6. The number of aromatic hydroxyl groups is 1. The number of hydrogen-bond acceptors (Lipinski definition) is 22. The number of aromatic nitrogens is 6. The molecular weight excluding hydrogens is 1220 g/mol. The number of hydrogen-bond donors (Lipinski definition) is 1. The molecule has 0 amide bonds. The standard InChI is InChI=1S/C31H37N3O8S.C29H33N3O7S.C4H8O.ClH.H2O/c1-20(2)29(35)40-16-24(42-30(36)21(3)4)18-43-17-22(5)31(37)39-14-13-23-11-12-28(41-19-38-6)27(15-23)34-32-25-9-7-8-10-26(25)33-34;1-18(2)27(34)38-15-22(39-28(35)19(3)4)17-40-16-20(5)29(36)37-13-12-21-10-11-26(33)25(14-21)32-30-23-8-6-7-9-24(23)31-32;1-2-4-5-3-1;;/h7-12,15,22,24H,1,3,13-14,16-19H2,2,4-6H3;6-11,14,20,22,33H,1,3,12-13,15-17H2,2,4-5H3;1-4H2;1H;1H2. The van der Waals surface area contributed by atoms with E-state index in [1.807, 2.05) is 66.7 Å². The monoisotopic (exact) mass is 1300 g/mol. The van der Waals surface area contributed by atoms with Crippen molar-refractivity contribution < 1.29 is 82.0 Å². The number of benzene rings is 4. The number of halogens is 1. The van der Waals surface area contributed by atoms with Gasteiger partial charge in [-0.25, -0.2) is 19.2 Å². The number of carbonyl (C=O) groups is 6. The van der Waals surface area contributed by atoms with Gasteiger partial charge in [-0.1, -0.05) is 76.6 Å². The molecule has 1 fully saturated rings. The minimum atomic E-state index is -0.703. The molecule has 0 bridgehead atoms. The Balaban J connectivity index is 0.000000427. The number of phenols is 1. The fraction of sp³-hybridized carbons (Fsp3) is 0.406. The van der Waals surface area contributed by atoms with Gasteiger partial charge in [-0.05, 0) is 100 Å². The second-order valence-corrected chi connectivity index (χ2v) is 22.7. The van der Waals surface area contributed by atoms with Gasteiger partial charge in [0.05, 0.1) is 25.0 Å². The summed E-state index contributed by atoms with van der Waals surface area (Å²) in [5, 5.41) is 28.3. The highest BCUT2D eigenvalue weighted by Gasteiger charge is 2.23. The maximum Gasteiger partial charge on any atom is 0.333 e. The summed E-state index contributed by atoms with van der Waals surface area (Å²) in [6.07, 6.45) is 2.06. The number of methoxy groups -OCH3 is 1. The van der Waals surface area contributed by atoms with Gasteiger partial charge in [-0.2, -0.15) is 23.5 Å². The molecule has 1 aliphatic heterocycles. The maximum atomic E-state index is 12.7. The number of rotatable bonds is 31. The zero-order valence-corrected chi connectivity index (χ0v) is 54.3. The third-order valence-corrected chi connectivity index (χ3v) is 15.1. The minimum absolute atomic E-state index is 0. The Bertz CT molecular complexity index is 3310. The Labute approximate surface area is 538 Å². The number of esters is 6. The molecule has 3 N–H and O–H groups in total. The van der Waals surface area contributed by atoms with Crippen LogP contribution in [0.4, 0.5) is 0 Å². The van der Waals surface area contributed by atoms with Crippen molar-refractivity contribution in [3.8, 4) is 22.9 Å². The van der Waals surface area contributed by atoms with E-state index < -0.39 is 47.9 Å². The number of fused-ring (bicyclic) bond motifs is 2. The Morgan fingerprint density at radius 2 is 0.956 bits per heavy atom. The smallest absolute Gasteiger partial charge is 0.333 e. The third kappa shape index (κ3) is 25.8. The van der Waals surface area contributed by atoms with Crippen LogP contribution in [0.5, 0.6) is 11.5 Å². The number of phenolic OH excluding ortho intramolecular Hbond substituents is 1. The van der Waals surface area contributed by atoms with Crippen LogP contribution < -0.4 is 4.74 Å². The summed E-state index contributed by atoms with van der Waals surface area (Å²) in [6, 6.07) is 25.6. The molecule has 26 heteroatoms. The van der Waals surface area contributed by atoms with Gasteiger partial charge in [0.25, 0.3) is 0 Å². The molecule has 0 radical (unpaired) electrons. The molecular formula is C64H81ClN6O17S2. The van der Waals surface area contributed by atoms with Crippen molar-refractivity contribution in [1.29, 1.82) is 0 Å². The topological polar surface area (TPSA) is 299 Å².